The van der Waals surface area contributed by atoms with Gasteiger partial charge in [-0.2, -0.15) is 0 Å². The minimum atomic E-state index is -3.86. The van der Waals surface area contributed by atoms with Gasteiger partial charge in [0, 0.05) is 28.3 Å². The van der Waals surface area contributed by atoms with E-state index in [4.69, 9.17) is 5.11 Å². The van der Waals surface area contributed by atoms with Crippen LogP contribution in [0.4, 0.5) is 5.69 Å². The first-order chi connectivity index (χ1) is 14.6. The van der Waals surface area contributed by atoms with E-state index in [1.54, 1.807) is 0 Å². The number of aliphatic carboxylic acids is 1. The van der Waals surface area contributed by atoms with Gasteiger partial charge in [-0.05, 0) is 49.4 Å². The zero-order chi connectivity index (χ0) is 23.0. The summed E-state index contributed by atoms with van der Waals surface area (Å²) in [7, 11) is -3.86. The van der Waals surface area contributed by atoms with Crippen LogP contribution >= 0.6 is 11.3 Å². The molecule has 170 valence electrons. The van der Waals surface area contributed by atoms with Crippen LogP contribution in [0.1, 0.15) is 61.7 Å². The maximum absolute atomic E-state index is 12.9. The number of nitro benzene ring substituents is 1. The summed E-state index contributed by atoms with van der Waals surface area (Å²) in [4.78, 5) is 22.8. The molecule has 1 unspecified atom stereocenters. The lowest BCUT2D eigenvalue weighted by atomic mass is 10.0. The fourth-order valence-electron chi connectivity index (χ4n) is 3.12. The average Bonchev–Trinajstić information content (AvgIpc) is 3.15. The van der Waals surface area contributed by atoms with Gasteiger partial charge in [0.15, 0.2) is 0 Å². The third kappa shape index (κ3) is 8.04. The van der Waals surface area contributed by atoms with Gasteiger partial charge in [0.25, 0.3) is 5.69 Å². The topological polar surface area (TPSA) is 127 Å². The monoisotopic (exact) mass is 468 g/mol. The van der Waals surface area contributed by atoms with Crippen LogP contribution in [0.25, 0.3) is 0 Å². The largest absolute Gasteiger partial charge is 0.481 e. The lowest BCUT2D eigenvalue weighted by molar-refractivity contribution is -0.384. The van der Waals surface area contributed by atoms with Crippen molar-refractivity contribution in [1.29, 1.82) is 0 Å². The van der Waals surface area contributed by atoms with Gasteiger partial charge in [0.1, 0.15) is 0 Å². The van der Waals surface area contributed by atoms with Crippen LogP contribution < -0.4 is 4.72 Å². The summed E-state index contributed by atoms with van der Waals surface area (Å²) < 4.78 is 28.6. The molecular weight excluding hydrogens is 440 g/mol. The number of nitrogens with zero attached hydrogens (tertiary/aromatic N) is 1. The number of carbonyl (C=O) groups is 1. The van der Waals surface area contributed by atoms with Crippen molar-refractivity contribution in [2.75, 3.05) is 0 Å². The highest BCUT2D eigenvalue weighted by Crippen LogP contribution is 2.30. The van der Waals surface area contributed by atoms with Crippen LogP contribution in [0.15, 0.2) is 41.3 Å². The van der Waals surface area contributed by atoms with Crippen LogP contribution in [0.2, 0.25) is 0 Å². The third-order valence-electron chi connectivity index (χ3n) is 4.77. The normalized spacial score (nSPS) is 12.7. The summed E-state index contributed by atoms with van der Waals surface area (Å²) in [5.41, 5.74) is -0.170. The number of nitro groups is 1. The second-order valence-electron chi connectivity index (χ2n) is 7.80. The molecule has 0 amide bonds. The van der Waals surface area contributed by atoms with Crippen molar-refractivity contribution < 1.29 is 23.2 Å². The van der Waals surface area contributed by atoms with Crippen molar-refractivity contribution >= 4 is 33.0 Å². The maximum atomic E-state index is 12.9. The molecule has 31 heavy (non-hydrogen) atoms. The van der Waals surface area contributed by atoms with Crippen molar-refractivity contribution in [1.82, 2.24) is 4.72 Å². The number of rotatable bonds is 13. The summed E-state index contributed by atoms with van der Waals surface area (Å²) in [6.07, 6.45) is 3.69. The van der Waals surface area contributed by atoms with E-state index in [1.807, 2.05) is 12.1 Å². The molecule has 0 saturated heterocycles. The molecule has 0 spiro atoms. The molecule has 8 nitrogen and oxygen atoms in total. The highest BCUT2D eigenvalue weighted by molar-refractivity contribution is 7.89. The first-order valence-electron chi connectivity index (χ1n) is 10.2. The molecule has 1 atom stereocenters. The number of sulfonamides is 1. The molecule has 0 aliphatic carbocycles. The number of hydrogen-bond donors (Lipinski definition) is 2. The number of aryl methyl sites for hydroxylation is 1. The minimum Gasteiger partial charge on any atom is -0.481 e. The molecule has 10 heteroatoms. The molecule has 0 bridgehead atoms. The van der Waals surface area contributed by atoms with E-state index < -0.39 is 27.0 Å². The second-order valence-corrected chi connectivity index (χ2v) is 10.7. The Bertz CT molecular complexity index is 984. The van der Waals surface area contributed by atoms with Gasteiger partial charge in [-0.15, -0.1) is 11.3 Å². The second kappa shape index (κ2) is 11.4. The van der Waals surface area contributed by atoms with Crippen LogP contribution in [-0.2, 0) is 21.2 Å². The fourth-order valence-corrected chi connectivity index (χ4v) is 5.59. The number of carboxylic acid groups (broad SMARTS) is 1. The number of nitrogens with one attached hydrogen (secondary N) is 1. The molecule has 1 heterocycles. The van der Waals surface area contributed by atoms with Gasteiger partial charge in [0.2, 0.25) is 10.0 Å². The van der Waals surface area contributed by atoms with Gasteiger partial charge in [-0.3, -0.25) is 14.9 Å². The Hall–Kier alpha value is -2.30. The molecule has 0 aliphatic rings. The van der Waals surface area contributed by atoms with Crippen LogP contribution in [0.3, 0.4) is 0 Å². The van der Waals surface area contributed by atoms with Gasteiger partial charge in [-0.25, -0.2) is 13.1 Å². The van der Waals surface area contributed by atoms with E-state index >= 15 is 0 Å². The standard InChI is InChI=1S/C21H28N2O6S2/c1-15(2)5-3-7-19(20-14-11-17(30-20)6-4-8-21(24)25)22-31(28,29)18-12-9-16(10-13-18)23(26)27/h9-15,19,22H,3-8H2,1-2H3,(H,24,25). The van der Waals surface area contributed by atoms with Gasteiger partial charge in [0.05, 0.1) is 15.9 Å². The first kappa shape index (κ1) is 25.0. The molecule has 0 saturated carbocycles. The predicted molar refractivity (Wildman–Crippen MR) is 120 cm³/mol. The highest BCUT2D eigenvalue weighted by atomic mass is 32.2. The van der Waals surface area contributed by atoms with E-state index in [0.29, 0.717) is 25.2 Å². The molecule has 1 aromatic heterocycles. The molecule has 2 N–H and O–H groups in total. The zero-order valence-electron chi connectivity index (χ0n) is 17.6. The quantitative estimate of drug-likeness (QED) is 0.318. The summed E-state index contributed by atoms with van der Waals surface area (Å²) in [6.45, 7) is 4.23. The van der Waals surface area contributed by atoms with Crippen LogP contribution in [-0.4, -0.2) is 24.4 Å². The average molecular weight is 469 g/mol. The predicted octanol–water partition coefficient (Wildman–Crippen LogP) is 4.91. The Labute approximate surface area is 186 Å². The highest BCUT2D eigenvalue weighted by Gasteiger charge is 2.23. The smallest absolute Gasteiger partial charge is 0.303 e. The maximum Gasteiger partial charge on any atom is 0.303 e. The van der Waals surface area contributed by atoms with Crippen LogP contribution in [0, 0.1) is 16.0 Å². The minimum absolute atomic E-state index is 0.0230. The van der Waals surface area contributed by atoms with E-state index in [2.05, 4.69) is 18.6 Å². The van der Waals surface area contributed by atoms with Crippen molar-refractivity contribution in [3.63, 3.8) is 0 Å². The summed E-state index contributed by atoms with van der Waals surface area (Å²) in [5, 5.41) is 19.6. The summed E-state index contributed by atoms with van der Waals surface area (Å²) >= 11 is 1.48. The molecule has 0 radical (unpaired) electrons. The van der Waals surface area contributed by atoms with Crippen molar-refractivity contribution in [3.05, 3.63) is 56.3 Å². The van der Waals surface area contributed by atoms with Crippen molar-refractivity contribution in [3.8, 4) is 0 Å². The van der Waals surface area contributed by atoms with E-state index in [9.17, 15) is 23.3 Å². The Morgan fingerprint density at radius 2 is 1.81 bits per heavy atom. The molecule has 0 fully saturated rings. The van der Waals surface area contributed by atoms with E-state index in [1.165, 1.54) is 35.6 Å². The Morgan fingerprint density at radius 3 is 2.39 bits per heavy atom. The molecule has 0 aliphatic heterocycles. The third-order valence-corrected chi connectivity index (χ3v) is 7.52. The summed E-state index contributed by atoms with van der Waals surface area (Å²) in [5.74, 6) is -0.332. The molecule has 2 rings (SSSR count). The van der Waals surface area contributed by atoms with E-state index in [-0.39, 0.29) is 17.0 Å². The summed E-state index contributed by atoms with van der Waals surface area (Å²) in [6, 6.07) is 8.20. The lowest BCUT2D eigenvalue weighted by Crippen LogP contribution is -2.28. The molecule has 1 aromatic carbocycles. The van der Waals surface area contributed by atoms with Crippen molar-refractivity contribution in [2.45, 2.75) is 63.3 Å². The van der Waals surface area contributed by atoms with Gasteiger partial charge in [-0.1, -0.05) is 26.7 Å². The Morgan fingerprint density at radius 1 is 1.13 bits per heavy atom. The zero-order valence-corrected chi connectivity index (χ0v) is 19.2. The number of carboxylic acids is 1. The molecule has 2 aromatic rings. The first-order valence-corrected chi connectivity index (χ1v) is 12.5. The SMILES string of the molecule is CC(C)CCCC(NS(=O)(=O)c1ccc([N+](=O)[O-])cc1)c1ccc(CCCC(=O)O)s1. The number of thiophene rings is 1. The fraction of sp³-hybridized carbons (Fsp3) is 0.476. The van der Waals surface area contributed by atoms with Gasteiger partial charge < -0.3 is 5.11 Å². The van der Waals surface area contributed by atoms with Crippen molar-refractivity contribution in [2.24, 2.45) is 5.92 Å². The Kier molecular flexibility index (Phi) is 9.15. The molecular formula is C21H28N2O6S2. The van der Waals surface area contributed by atoms with Crippen LogP contribution in [0.5, 0.6) is 0 Å². The number of non-ortho nitro benzene ring substituents is 1. The number of hydrogen-bond acceptors (Lipinski definition) is 6. The van der Waals surface area contributed by atoms with E-state index in [0.717, 1.165) is 22.6 Å². The Balaban J connectivity index is 2.17. The number of benzene rings is 1. The lowest BCUT2D eigenvalue weighted by Gasteiger charge is -2.18. The van der Waals surface area contributed by atoms with Gasteiger partial charge >= 0.3 is 5.97 Å².